The number of ether oxygens (including phenoxy) is 2. The lowest BCUT2D eigenvalue weighted by atomic mass is 10.00. The zero-order chi connectivity index (χ0) is 12.5. The van der Waals surface area contributed by atoms with Gasteiger partial charge in [-0.05, 0) is 32.6 Å². The number of thioether (sulfide) groups is 1. The Bertz CT molecular complexity index is 299. The van der Waals surface area contributed by atoms with Gasteiger partial charge < -0.3 is 15.2 Å². The molecular weight excluding hydrogens is 238 g/mol. The van der Waals surface area contributed by atoms with Crippen LogP contribution in [0, 0.1) is 0 Å². The number of nitrogens with two attached hydrogens (primary N) is 1. The maximum Gasteiger partial charge on any atom is 0.325 e. The molecule has 2 aliphatic rings. The molecule has 1 heterocycles. The minimum Gasteiger partial charge on any atom is -0.468 e. The van der Waals surface area contributed by atoms with E-state index in [0.29, 0.717) is 16.6 Å². The van der Waals surface area contributed by atoms with Gasteiger partial charge in [-0.15, -0.1) is 0 Å². The summed E-state index contributed by atoms with van der Waals surface area (Å²) in [6.07, 6.45) is 3.90. The van der Waals surface area contributed by atoms with Crippen LogP contribution in [0.25, 0.3) is 0 Å². The Labute approximate surface area is 107 Å². The SMILES string of the molecule is COC(=O)C1(N)CCC(SC2CCOC2C)C1. The summed E-state index contributed by atoms with van der Waals surface area (Å²) in [6, 6.07) is 0. The second-order valence-corrected chi connectivity index (χ2v) is 6.60. The van der Waals surface area contributed by atoms with Crippen LogP contribution in [0.2, 0.25) is 0 Å². The third-order valence-corrected chi connectivity index (χ3v) is 5.53. The first-order chi connectivity index (χ1) is 8.05. The molecule has 1 aliphatic carbocycles. The predicted octanol–water partition coefficient (Wildman–Crippen LogP) is 1.32. The molecule has 2 fully saturated rings. The number of hydrogen-bond donors (Lipinski definition) is 1. The molecule has 98 valence electrons. The molecule has 0 aromatic carbocycles. The lowest BCUT2D eigenvalue weighted by molar-refractivity contribution is -0.146. The van der Waals surface area contributed by atoms with E-state index in [9.17, 15) is 4.79 Å². The summed E-state index contributed by atoms with van der Waals surface area (Å²) in [6.45, 7) is 2.98. The highest BCUT2D eigenvalue weighted by atomic mass is 32.2. The molecular formula is C12H21NO3S. The van der Waals surface area contributed by atoms with Crippen LogP contribution in [0.15, 0.2) is 0 Å². The van der Waals surface area contributed by atoms with Crippen LogP contribution >= 0.6 is 11.8 Å². The Morgan fingerprint density at radius 1 is 1.53 bits per heavy atom. The van der Waals surface area contributed by atoms with Crippen molar-refractivity contribution in [3.05, 3.63) is 0 Å². The van der Waals surface area contributed by atoms with E-state index in [2.05, 4.69) is 6.92 Å². The fraction of sp³-hybridized carbons (Fsp3) is 0.917. The van der Waals surface area contributed by atoms with Crippen LogP contribution in [0.4, 0.5) is 0 Å². The summed E-state index contributed by atoms with van der Waals surface area (Å²) in [4.78, 5) is 11.6. The highest BCUT2D eigenvalue weighted by Gasteiger charge is 2.44. The summed E-state index contributed by atoms with van der Waals surface area (Å²) < 4.78 is 10.3. The number of esters is 1. The maximum atomic E-state index is 11.6. The topological polar surface area (TPSA) is 61.5 Å². The van der Waals surface area contributed by atoms with E-state index >= 15 is 0 Å². The first kappa shape index (κ1) is 13.2. The number of carbonyl (C=O) groups is 1. The van der Waals surface area contributed by atoms with Crippen molar-refractivity contribution < 1.29 is 14.3 Å². The molecule has 0 amide bonds. The Morgan fingerprint density at radius 2 is 2.29 bits per heavy atom. The monoisotopic (exact) mass is 259 g/mol. The molecule has 5 heteroatoms. The molecule has 0 bridgehead atoms. The van der Waals surface area contributed by atoms with Gasteiger partial charge in [0.25, 0.3) is 0 Å². The number of methoxy groups -OCH3 is 1. The van der Waals surface area contributed by atoms with Crippen molar-refractivity contribution >= 4 is 17.7 Å². The van der Waals surface area contributed by atoms with Gasteiger partial charge in [-0.1, -0.05) is 0 Å². The van der Waals surface area contributed by atoms with E-state index in [1.807, 2.05) is 11.8 Å². The number of carbonyl (C=O) groups excluding carboxylic acids is 1. The highest BCUT2D eigenvalue weighted by Crippen LogP contribution is 2.41. The summed E-state index contributed by atoms with van der Waals surface area (Å²) in [5.41, 5.74) is 5.34. The van der Waals surface area contributed by atoms with Gasteiger partial charge >= 0.3 is 5.97 Å². The zero-order valence-electron chi connectivity index (χ0n) is 10.5. The summed E-state index contributed by atoms with van der Waals surface area (Å²) >= 11 is 1.94. The molecule has 0 aromatic heterocycles. The number of hydrogen-bond acceptors (Lipinski definition) is 5. The second-order valence-electron chi connectivity index (χ2n) is 5.05. The highest BCUT2D eigenvalue weighted by molar-refractivity contribution is 8.00. The smallest absolute Gasteiger partial charge is 0.325 e. The molecule has 0 aromatic rings. The van der Waals surface area contributed by atoms with Crippen LogP contribution in [0.1, 0.15) is 32.6 Å². The van der Waals surface area contributed by atoms with Crippen molar-refractivity contribution in [2.75, 3.05) is 13.7 Å². The van der Waals surface area contributed by atoms with Crippen LogP contribution in [-0.4, -0.2) is 41.8 Å². The molecule has 1 saturated carbocycles. The van der Waals surface area contributed by atoms with Gasteiger partial charge in [-0.3, -0.25) is 4.79 Å². The third kappa shape index (κ3) is 2.77. The van der Waals surface area contributed by atoms with Gasteiger partial charge in [0.1, 0.15) is 5.54 Å². The maximum absolute atomic E-state index is 11.6. The third-order valence-electron chi connectivity index (χ3n) is 3.77. The van der Waals surface area contributed by atoms with Crippen LogP contribution in [0.3, 0.4) is 0 Å². The number of rotatable bonds is 3. The molecule has 4 nitrogen and oxygen atoms in total. The largest absolute Gasteiger partial charge is 0.468 e. The predicted molar refractivity (Wildman–Crippen MR) is 68.0 cm³/mol. The van der Waals surface area contributed by atoms with Gasteiger partial charge in [-0.2, -0.15) is 11.8 Å². The van der Waals surface area contributed by atoms with Crippen LogP contribution in [-0.2, 0) is 14.3 Å². The van der Waals surface area contributed by atoms with Crippen LogP contribution in [0.5, 0.6) is 0 Å². The quantitative estimate of drug-likeness (QED) is 0.775. The van der Waals surface area contributed by atoms with E-state index in [0.717, 1.165) is 32.3 Å². The fourth-order valence-electron chi connectivity index (χ4n) is 2.67. The first-order valence-corrected chi connectivity index (χ1v) is 7.14. The lowest BCUT2D eigenvalue weighted by Crippen LogP contribution is -2.46. The Hall–Kier alpha value is -0.260. The molecule has 0 radical (unpaired) electrons. The van der Waals surface area contributed by atoms with Gasteiger partial charge in [0.05, 0.1) is 13.2 Å². The molecule has 1 saturated heterocycles. The molecule has 17 heavy (non-hydrogen) atoms. The molecule has 0 spiro atoms. The van der Waals surface area contributed by atoms with Crippen molar-refractivity contribution in [2.45, 2.75) is 54.7 Å². The van der Waals surface area contributed by atoms with E-state index in [-0.39, 0.29) is 5.97 Å². The summed E-state index contributed by atoms with van der Waals surface area (Å²) in [5, 5.41) is 1.02. The zero-order valence-corrected chi connectivity index (χ0v) is 11.3. The Morgan fingerprint density at radius 3 is 2.88 bits per heavy atom. The normalized spacial score (nSPS) is 41.7. The molecule has 2 N–H and O–H groups in total. The fourth-order valence-corrected chi connectivity index (χ4v) is 4.35. The van der Waals surface area contributed by atoms with Crippen molar-refractivity contribution in [3.63, 3.8) is 0 Å². The summed E-state index contributed by atoms with van der Waals surface area (Å²) in [7, 11) is 1.41. The first-order valence-electron chi connectivity index (χ1n) is 6.19. The van der Waals surface area contributed by atoms with E-state index in [1.165, 1.54) is 7.11 Å². The molecule has 1 aliphatic heterocycles. The van der Waals surface area contributed by atoms with Gasteiger partial charge in [0.2, 0.25) is 0 Å². The van der Waals surface area contributed by atoms with E-state index in [4.69, 9.17) is 15.2 Å². The lowest BCUT2D eigenvalue weighted by Gasteiger charge is -2.22. The van der Waals surface area contributed by atoms with Gasteiger partial charge in [-0.25, -0.2) is 0 Å². The molecule has 2 rings (SSSR count). The van der Waals surface area contributed by atoms with E-state index < -0.39 is 5.54 Å². The average Bonchev–Trinajstić information content (AvgIpc) is 2.87. The Kier molecular flexibility index (Phi) is 4.00. The second kappa shape index (κ2) is 5.16. The molecule has 4 atom stereocenters. The standard InChI is InChI=1S/C12H21NO3S/c1-8-10(4-6-16-8)17-9-3-5-12(13,7-9)11(14)15-2/h8-10H,3-7,13H2,1-2H3. The van der Waals surface area contributed by atoms with Gasteiger partial charge in [0.15, 0.2) is 0 Å². The van der Waals surface area contributed by atoms with Crippen molar-refractivity contribution in [1.29, 1.82) is 0 Å². The summed E-state index contributed by atoms with van der Waals surface area (Å²) in [5.74, 6) is -0.267. The average molecular weight is 259 g/mol. The van der Waals surface area contributed by atoms with Crippen molar-refractivity contribution in [2.24, 2.45) is 5.73 Å². The van der Waals surface area contributed by atoms with Crippen molar-refractivity contribution in [1.82, 2.24) is 0 Å². The van der Waals surface area contributed by atoms with Crippen LogP contribution < -0.4 is 5.73 Å². The Balaban J connectivity index is 1.87. The van der Waals surface area contributed by atoms with E-state index in [1.54, 1.807) is 0 Å². The minimum atomic E-state index is -0.755. The van der Waals surface area contributed by atoms with Gasteiger partial charge in [0, 0.05) is 17.1 Å². The minimum absolute atomic E-state index is 0.267. The molecule has 4 unspecified atom stereocenters. The van der Waals surface area contributed by atoms with Crippen molar-refractivity contribution in [3.8, 4) is 0 Å².